The van der Waals surface area contributed by atoms with Crippen molar-refractivity contribution in [2.45, 2.75) is 175 Å². The van der Waals surface area contributed by atoms with E-state index in [2.05, 4.69) is 32.9 Å². The van der Waals surface area contributed by atoms with E-state index in [9.17, 15) is 0 Å². The predicted octanol–water partition coefficient (Wildman–Crippen LogP) is 11.6. The van der Waals surface area contributed by atoms with Gasteiger partial charge in [0.1, 0.15) is 0 Å². The zero-order chi connectivity index (χ0) is 22.0. The minimum Gasteiger partial charge on any atom is -0.0885 e. The molecule has 30 heavy (non-hydrogen) atoms. The van der Waals surface area contributed by atoms with Gasteiger partial charge in [-0.25, -0.2) is 0 Å². The summed E-state index contributed by atoms with van der Waals surface area (Å²) in [5.74, 6) is 0.945. The third-order valence-corrected chi connectivity index (χ3v) is 6.76. The van der Waals surface area contributed by atoms with Crippen molar-refractivity contribution >= 4 is 0 Å². The van der Waals surface area contributed by atoms with Crippen LogP contribution in [0.15, 0.2) is 12.2 Å². The number of hydrogen-bond acceptors (Lipinski definition) is 0. The van der Waals surface area contributed by atoms with Crippen LogP contribution >= 0.6 is 0 Å². The minimum absolute atomic E-state index is 0.945. The van der Waals surface area contributed by atoms with Crippen molar-refractivity contribution in [1.29, 1.82) is 0 Å². The maximum absolute atomic E-state index is 2.48. The summed E-state index contributed by atoms with van der Waals surface area (Å²) >= 11 is 0. The Morgan fingerprint density at radius 1 is 0.400 bits per heavy atom. The van der Waals surface area contributed by atoms with Crippen LogP contribution in [-0.4, -0.2) is 0 Å². The molecule has 0 aliphatic heterocycles. The fourth-order valence-corrected chi connectivity index (χ4v) is 4.51. The summed E-state index contributed by atoms with van der Waals surface area (Å²) in [5.41, 5.74) is 0. The summed E-state index contributed by atoms with van der Waals surface area (Å²) < 4.78 is 0. The van der Waals surface area contributed by atoms with Gasteiger partial charge in [0.05, 0.1) is 0 Å². The molecule has 1 unspecified atom stereocenters. The summed E-state index contributed by atoms with van der Waals surface area (Å²) in [6, 6.07) is 0. The first kappa shape index (κ1) is 29.7. The van der Waals surface area contributed by atoms with Crippen LogP contribution in [0, 0.1) is 5.92 Å². The molecule has 0 nitrogen and oxygen atoms in total. The van der Waals surface area contributed by atoms with Crippen molar-refractivity contribution in [2.24, 2.45) is 5.92 Å². The van der Waals surface area contributed by atoms with Crippen LogP contribution in [0.4, 0.5) is 0 Å². The van der Waals surface area contributed by atoms with E-state index in [1.807, 2.05) is 0 Å². The average molecular weight is 421 g/mol. The molecule has 0 fully saturated rings. The highest BCUT2D eigenvalue weighted by Gasteiger charge is 2.02. The molecule has 0 saturated heterocycles. The molecule has 0 radical (unpaired) electrons. The molecule has 0 saturated carbocycles. The van der Waals surface area contributed by atoms with E-state index in [0.717, 1.165) is 5.92 Å². The number of hydrogen-bond donors (Lipinski definition) is 0. The van der Waals surface area contributed by atoms with Gasteiger partial charge in [0.15, 0.2) is 0 Å². The molecule has 0 N–H and O–H groups in total. The Morgan fingerprint density at radius 2 is 0.700 bits per heavy atom. The van der Waals surface area contributed by atoms with Gasteiger partial charge < -0.3 is 0 Å². The first-order valence-electron chi connectivity index (χ1n) is 14.5. The van der Waals surface area contributed by atoms with Gasteiger partial charge in [-0.05, 0) is 31.6 Å². The third-order valence-electron chi connectivity index (χ3n) is 6.76. The van der Waals surface area contributed by atoms with Crippen molar-refractivity contribution in [3.63, 3.8) is 0 Å². The van der Waals surface area contributed by atoms with E-state index < -0.39 is 0 Å². The summed E-state index contributed by atoms with van der Waals surface area (Å²) in [4.78, 5) is 0. The summed E-state index contributed by atoms with van der Waals surface area (Å²) in [6.07, 6.45) is 39.3. The van der Waals surface area contributed by atoms with Gasteiger partial charge >= 0.3 is 0 Å². The van der Waals surface area contributed by atoms with Gasteiger partial charge in [-0.3, -0.25) is 0 Å². The fourth-order valence-electron chi connectivity index (χ4n) is 4.51. The normalized spacial score (nSPS) is 12.8. The van der Waals surface area contributed by atoms with E-state index in [4.69, 9.17) is 0 Å². The second kappa shape index (κ2) is 26.8. The second-order valence-corrected chi connectivity index (χ2v) is 10.1. The molecule has 0 aromatic carbocycles. The molecule has 0 heterocycles. The molecule has 0 aromatic heterocycles. The van der Waals surface area contributed by atoms with E-state index in [1.54, 1.807) is 0 Å². The molecule has 0 aliphatic rings. The van der Waals surface area contributed by atoms with Crippen LogP contribution < -0.4 is 0 Å². The van der Waals surface area contributed by atoms with Crippen LogP contribution in [0.2, 0.25) is 0 Å². The summed E-state index contributed by atoms with van der Waals surface area (Å²) in [6.45, 7) is 7.06. The second-order valence-electron chi connectivity index (χ2n) is 10.1. The zero-order valence-electron chi connectivity index (χ0n) is 21.7. The third kappa shape index (κ3) is 25.8. The van der Waals surface area contributed by atoms with E-state index in [-0.39, 0.29) is 0 Å². The lowest BCUT2D eigenvalue weighted by molar-refractivity contribution is 0.437. The highest BCUT2D eigenvalue weighted by molar-refractivity contribution is 4.81. The maximum atomic E-state index is 2.48. The number of rotatable bonds is 25. The van der Waals surface area contributed by atoms with Crippen molar-refractivity contribution in [2.75, 3.05) is 0 Å². The smallest absolute Gasteiger partial charge is 0.0351 e. The Bertz CT molecular complexity index is 316. The Morgan fingerprint density at radius 3 is 1.13 bits per heavy atom. The molecule has 0 heteroatoms. The lowest BCUT2D eigenvalue weighted by atomic mass is 9.96. The molecule has 0 rings (SSSR count). The van der Waals surface area contributed by atoms with Crippen LogP contribution in [0.3, 0.4) is 0 Å². The van der Waals surface area contributed by atoms with E-state index in [0.29, 0.717) is 0 Å². The zero-order valence-corrected chi connectivity index (χ0v) is 21.7. The highest BCUT2D eigenvalue weighted by atomic mass is 14.1. The molecular weight excluding hydrogens is 360 g/mol. The molecule has 0 amide bonds. The minimum atomic E-state index is 0.945. The molecule has 0 spiro atoms. The van der Waals surface area contributed by atoms with Crippen LogP contribution in [0.5, 0.6) is 0 Å². The number of unbranched alkanes of at least 4 members (excludes halogenated alkanes) is 19. The Balaban J connectivity index is 3.16. The standard InChI is InChI=1S/C30H60/c1-4-6-8-10-12-14-15-16-17-18-19-21-23-25-27-29-30(3)28-26-24-22-20-13-11-9-7-5-2/h13,20,30H,4-12,14-19,21-29H2,1-3H3. The van der Waals surface area contributed by atoms with Crippen molar-refractivity contribution in [1.82, 2.24) is 0 Å². The first-order chi connectivity index (χ1) is 14.8. The van der Waals surface area contributed by atoms with Gasteiger partial charge in [0.25, 0.3) is 0 Å². The topological polar surface area (TPSA) is 0 Å². The van der Waals surface area contributed by atoms with E-state index in [1.165, 1.54) is 154 Å². The van der Waals surface area contributed by atoms with Crippen molar-refractivity contribution in [3.05, 3.63) is 12.2 Å². The largest absolute Gasteiger partial charge is 0.0885 e. The SMILES string of the molecule is CCCCCC=CCCCCC(C)CCCCCCCCCCCCCCCCC. The molecular formula is C30H60. The van der Waals surface area contributed by atoms with Gasteiger partial charge in [-0.2, -0.15) is 0 Å². The average Bonchev–Trinajstić information content (AvgIpc) is 2.75. The summed E-state index contributed by atoms with van der Waals surface area (Å²) in [5, 5.41) is 0. The number of allylic oxidation sites excluding steroid dienone is 2. The Hall–Kier alpha value is -0.260. The van der Waals surface area contributed by atoms with Crippen LogP contribution in [0.1, 0.15) is 175 Å². The Labute approximate surface area is 193 Å². The quantitative estimate of drug-likeness (QED) is 0.102. The first-order valence-corrected chi connectivity index (χ1v) is 14.5. The predicted molar refractivity (Wildman–Crippen MR) is 140 cm³/mol. The van der Waals surface area contributed by atoms with Gasteiger partial charge in [-0.1, -0.05) is 161 Å². The van der Waals surface area contributed by atoms with Crippen molar-refractivity contribution in [3.8, 4) is 0 Å². The van der Waals surface area contributed by atoms with Crippen LogP contribution in [-0.2, 0) is 0 Å². The van der Waals surface area contributed by atoms with Gasteiger partial charge in [0, 0.05) is 0 Å². The van der Waals surface area contributed by atoms with Crippen LogP contribution in [0.25, 0.3) is 0 Å². The fraction of sp³-hybridized carbons (Fsp3) is 0.933. The molecule has 0 aliphatic carbocycles. The van der Waals surface area contributed by atoms with Gasteiger partial charge in [-0.15, -0.1) is 0 Å². The molecule has 1 atom stereocenters. The Kier molecular flexibility index (Phi) is 26.5. The highest BCUT2D eigenvalue weighted by Crippen LogP contribution is 2.18. The lowest BCUT2D eigenvalue weighted by Gasteiger charge is -2.10. The van der Waals surface area contributed by atoms with E-state index >= 15 is 0 Å². The molecule has 0 bridgehead atoms. The van der Waals surface area contributed by atoms with Crippen molar-refractivity contribution < 1.29 is 0 Å². The maximum Gasteiger partial charge on any atom is -0.0351 e. The molecule has 0 aromatic rings. The molecule has 180 valence electrons. The lowest BCUT2D eigenvalue weighted by Crippen LogP contribution is -1.95. The monoisotopic (exact) mass is 420 g/mol. The summed E-state index contributed by atoms with van der Waals surface area (Å²) in [7, 11) is 0. The van der Waals surface area contributed by atoms with Gasteiger partial charge in [0.2, 0.25) is 0 Å².